The van der Waals surface area contributed by atoms with Crippen LogP contribution < -0.4 is 4.74 Å². The minimum Gasteiger partial charge on any atom is -0.496 e. The van der Waals surface area contributed by atoms with Gasteiger partial charge in [0.1, 0.15) is 5.75 Å². The molecular weight excluding hydrogens is 276 g/mol. The average Bonchev–Trinajstić information content (AvgIpc) is 2.95. The number of rotatable bonds is 7. The van der Waals surface area contributed by atoms with E-state index in [1.165, 1.54) is 0 Å². The lowest BCUT2D eigenvalue weighted by molar-refractivity contribution is 0.0734. The molecule has 0 radical (unpaired) electrons. The van der Waals surface area contributed by atoms with E-state index in [2.05, 4.69) is 17.6 Å². The lowest BCUT2D eigenvalue weighted by atomic mass is 10.1. The molecule has 0 N–H and O–H groups in total. The topological polar surface area (TPSA) is 34.5 Å². The predicted octanol–water partition coefficient (Wildman–Crippen LogP) is 3.48. The number of unbranched alkanes of at least 4 members (excludes halogenated alkanes) is 1. The molecule has 1 aromatic heterocycles. The number of aryl methyl sites for hydroxylation is 1. The molecule has 0 fully saturated rings. The number of para-hydroxylation sites is 1. The molecule has 4 nitrogen and oxygen atoms in total. The molecule has 0 aliphatic heterocycles. The quantitative estimate of drug-likeness (QED) is 0.784. The van der Waals surface area contributed by atoms with Crippen molar-refractivity contribution in [2.75, 3.05) is 13.7 Å². The SMILES string of the molecule is CCCCN(Cc1cccn1C)C(=O)c1ccccc1OC. The smallest absolute Gasteiger partial charge is 0.257 e. The summed E-state index contributed by atoms with van der Waals surface area (Å²) in [7, 11) is 3.60. The molecule has 1 amide bonds. The Morgan fingerprint density at radius 2 is 2.00 bits per heavy atom. The Bertz CT molecular complexity index is 619. The van der Waals surface area contributed by atoms with Gasteiger partial charge in [-0.3, -0.25) is 4.79 Å². The van der Waals surface area contributed by atoms with E-state index in [0.717, 1.165) is 25.1 Å². The van der Waals surface area contributed by atoms with E-state index < -0.39 is 0 Å². The number of hydrogen-bond acceptors (Lipinski definition) is 2. The first-order chi connectivity index (χ1) is 10.7. The van der Waals surface area contributed by atoms with E-state index in [4.69, 9.17) is 4.74 Å². The molecule has 0 unspecified atom stereocenters. The molecule has 0 bridgehead atoms. The number of aromatic nitrogens is 1. The van der Waals surface area contributed by atoms with E-state index in [0.29, 0.717) is 17.9 Å². The van der Waals surface area contributed by atoms with Gasteiger partial charge in [0.2, 0.25) is 0 Å². The van der Waals surface area contributed by atoms with Gasteiger partial charge in [-0.15, -0.1) is 0 Å². The zero-order valence-corrected chi connectivity index (χ0v) is 13.6. The molecule has 0 saturated heterocycles. The van der Waals surface area contributed by atoms with Crippen LogP contribution in [-0.4, -0.2) is 29.0 Å². The van der Waals surface area contributed by atoms with Crippen LogP contribution in [0.15, 0.2) is 42.6 Å². The molecule has 0 saturated carbocycles. The first kappa shape index (κ1) is 16.1. The van der Waals surface area contributed by atoms with E-state index in [9.17, 15) is 4.79 Å². The number of ether oxygens (including phenoxy) is 1. The second-order valence-corrected chi connectivity index (χ2v) is 5.39. The maximum Gasteiger partial charge on any atom is 0.257 e. The second kappa shape index (κ2) is 7.69. The van der Waals surface area contributed by atoms with Crippen LogP contribution in [0.3, 0.4) is 0 Å². The minimum absolute atomic E-state index is 0.0205. The largest absolute Gasteiger partial charge is 0.496 e. The number of hydrogen-bond donors (Lipinski definition) is 0. The second-order valence-electron chi connectivity index (χ2n) is 5.39. The van der Waals surface area contributed by atoms with Crippen LogP contribution in [0.2, 0.25) is 0 Å². The molecule has 2 rings (SSSR count). The third-order valence-electron chi connectivity index (χ3n) is 3.81. The zero-order chi connectivity index (χ0) is 15.9. The number of nitrogens with zero attached hydrogens (tertiary/aromatic N) is 2. The lowest BCUT2D eigenvalue weighted by Crippen LogP contribution is -2.32. The summed E-state index contributed by atoms with van der Waals surface area (Å²) in [6.07, 6.45) is 4.05. The highest BCUT2D eigenvalue weighted by Gasteiger charge is 2.19. The van der Waals surface area contributed by atoms with Crippen molar-refractivity contribution in [1.82, 2.24) is 9.47 Å². The maximum absolute atomic E-state index is 12.9. The van der Waals surface area contributed by atoms with Crippen molar-refractivity contribution >= 4 is 5.91 Å². The molecule has 4 heteroatoms. The third-order valence-corrected chi connectivity index (χ3v) is 3.81. The number of carbonyl (C=O) groups is 1. The molecular formula is C18H24N2O2. The molecule has 1 heterocycles. The Morgan fingerprint density at radius 3 is 2.64 bits per heavy atom. The monoisotopic (exact) mass is 300 g/mol. The summed E-state index contributed by atoms with van der Waals surface area (Å²) < 4.78 is 7.38. The minimum atomic E-state index is 0.0205. The van der Waals surface area contributed by atoms with Crippen LogP contribution in [-0.2, 0) is 13.6 Å². The summed E-state index contributed by atoms with van der Waals surface area (Å²) in [6, 6.07) is 11.5. The van der Waals surface area contributed by atoms with Crippen LogP contribution in [0.4, 0.5) is 0 Å². The summed E-state index contributed by atoms with van der Waals surface area (Å²) in [5.41, 5.74) is 1.75. The molecule has 0 spiro atoms. The van der Waals surface area contributed by atoms with Crippen molar-refractivity contribution in [3.05, 3.63) is 53.9 Å². The standard InChI is InChI=1S/C18H24N2O2/c1-4-5-13-20(14-15-9-8-12-19(15)2)18(21)16-10-6-7-11-17(16)22-3/h6-12H,4-5,13-14H2,1-3H3. The van der Waals surface area contributed by atoms with Crippen molar-refractivity contribution in [3.63, 3.8) is 0 Å². The van der Waals surface area contributed by atoms with Crippen molar-refractivity contribution in [1.29, 1.82) is 0 Å². The van der Waals surface area contributed by atoms with Crippen molar-refractivity contribution in [3.8, 4) is 5.75 Å². The first-order valence-corrected chi connectivity index (χ1v) is 7.69. The van der Waals surface area contributed by atoms with E-state index in [-0.39, 0.29) is 5.91 Å². The number of benzene rings is 1. The van der Waals surface area contributed by atoms with Crippen LogP contribution in [0.5, 0.6) is 5.75 Å². The highest BCUT2D eigenvalue weighted by atomic mass is 16.5. The summed E-state index contributed by atoms with van der Waals surface area (Å²) in [6.45, 7) is 3.49. The third kappa shape index (κ3) is 3.70. The fraction of sp³-hybridized carbons (Fsp3) is 0.389. The maximum atomic E-state index is 12.9. The van der Waals surface area contributed by atoms with Crippen LogP contribution in [0, 0.1) is 0 Å². The van der Waals surface area contributed by atoms with Crippen molar-refractivity contribution in [2.45, 2.75) is 26.3 Å². The van der Waals surface area contributed by atoms with Crippen LogP contribution >= 0.6 is 0 Å². The van der Waals surface area contributed by atoms with Gasteiger partial charge in [-0.25, -0.2) is 0 Å². The average molecular weight is 300 g/mol. The Hall–Kier alpha value is -2.23. The first-order valence-electron chi connectivity index (χ1n) is 7.69. The summed E-state index contributed by atoms with van der Waals surface area (Å²) in [5, 5.41) is 0. The Kier molecular flexibility index (Phi) is 5.64. The molecule has 0 aliphatic carbocycles. The van der Waals surface area contributed by atoms with Gasteiger partial charge in [-0.2, -0.15) is 0 Å². The molecule has 118 valence electrons. The van der Waals surface area contributed by atoms with Gasteiger partial charge in [-0.05, 0) is 30.7 Å². The molecule has 0 aliphatic rings. The fourth-order valence-electron chi connectivity index (χ4n) is 2.45. The molecule has 0 atom stereocenters. The fourth-order valence-corrected chi connectivity index (χ4v) is 2.45. The predicted molar refractivity (Wildman–Crippen MR) is 88.1 cm³/mol. The van der Waals surface area contributed by atoms with Crippen molar-refractivity contribution < 1.29 is 9.53 Å². The Balaban J connectivity index is 2.24. The van der Waals surface area contributed by atoms with E-state index in [1.807, 2.05) is 48.5 Å². The van der Waals surface area contributed by atoms with Crippen LogP contribution in [0.25, 0.3) is 0 Å². The Labute approximate surface area is 132 Å². The lowest BCUT2D eigenvalue weighted by Gasteiger charge is -2.24. The van der Waals surface area contributed by atoms with Gasteiger partial charge < -0.3 is 14.2 Å². The summed E-state index contributed by atoms with van der Waals surface area (Å²) in [5.74, 6) is 0.646. The highest BCUT2D eigenvalue weighted by molar-refractivity contribution is 5.96. The van der Waals surface area contributed by atoms with Crippen molar-refractivity contribution in [2.24, 2.45) is 7.05 Å². The summed E-state index contributed by atoms with van der Waals surface area (Å²) >= 11 is 0. The Morgan fingerprint density at radius 1 is 1.23 bits per heavy atom. The van der Waals surface area contributed by atoms with E-state index >= 15 is 0 Å². The number of amides is 1. The number of methoxy groups -OCH3 is 1. The normalized spacial score (nSPS) is 10.5. The van der Waals surface area contributed by atoms with Gasteiger partial charge in [0, 0.05) is 25.5 Å². The number of carbonyl (C=O) groups excluding carboxylic acids is 1. The van der Waals surface area contributed by atoms with Gasteiger partial charge in [-0.1, -0.05) is 25.5 Å². The molecule has 22 heavy (non-hydrogen) atoms. The van der Waals surface area contributed by atoms with Gasteiger partial charge in [0.05, 0.1) is 19.2 Å². The highest BCUT2D eigenvalue weighted by Crippen LogP contribution is 2.20. The molecule has 1 aromatic carbocycles. The summed E-state index contributed by atoms with van der Waals surface area (Å²) in [4.78, 5) is 14.8. The van der Waals surface area contributed by atoms with Gasteiger partial charge in [0.25, 0.3) is 5.91 Å². The van der Waals surface area contributed by atoms with Gasteiger partial charge in [0.15, 0.2) is 0 Å². The van der Waals surface area contributed by atoms with E-state index in [1.54, 1.807) is 7.11 Å². The zero-order valence-electron chi connectivity index (χ0n) is 13.6. The van der Waals surface area contributed by atoms with Crippen LogP contribution in [0.1, 0.15) is 35.8 Å². The van der Waals surface area contributed by atoms with Gasteiger partial charge >= 0.3 is 0 Å². The molecule has 2 aromatic rings.